The van der Waals surface area contributed by atoms with Crippen LogP contribution in [0.1, 0.15) is 35.4 Å². The predicted octanol–water partition coefficient (Wildman–Crippen LogP) is 3.48. The minimum absolute atomic E-state index is 0.112. The van der Waals surface area contributed by atoms with E-state index in [1.54, 1.807) is 11.3 Å². The fourth-order valence-electron chi connectivity index (χ4n) is 1.94. The second-order valence-corrected chi connectivity index (χ2v) is 5.31. The van der Waals surface area contributed by atoms with E-state index in [4.69, 9.17) is 5.11 Å². The van der Waals surface area contributed by atoms with Gasteiger partial charge in [-0.05, 0) is 29.0 Å². The number of aliphatic hydroxyl groups is 1. The third kappa shape index (κ3) is 3.42. The minimum Gasteiger partial charge on any atom is -0.392 e. The van der Waals surface area contributed by atoms with E-state index in [0.717, 1.165) is 18.5 Å². The van der Waals surface area contributed by atoms with E-state index in [0.29, 0.717) is 6.04 Å². The van der Waals surface area contributed by atoms with Crippen LogP contribution in [-0.2, 0) is 13.2 Å². The summed E-state index contributed by atoms with van der Waals surface area (Å²) in [6.07, 6.45) is 1.09. The molecule has 2 N–H and O–H groups in total. The van der Waals surface area contributed by atoms with Gasteiger partial charge in [-0.3, -0.25) is 0 Å². The van der Waals surface area contributed by atoms with Crippen molar-refractivity contribution in [3.8, 4) is 0 Å². The first-order chi connectivity index (χ1) is 8.83. The van der Waals surface area contributed by atoms with Crippen LogP contribution < -0.4 is 5.32 Å². The molecule has 1 heterocycles. The molecule has 0 amide bonds. The number of benzene rings is 1. The fraction of sp³-hybridized carbons (Fsp3) is 0.333. The molecule has 2 nitrogen and oxygen atoms in total. The first-order valence-electron chi connectivity index (χ1n) is 6.29. The van der Waals surface area contributed by atoms with Crippen LogP contribution in [0, 0.1) is 0 Å². The Morgan fingerprint density at radius 3 is 2.44 bits per heavy atom. The fourth-order valence-corrected chi connectivity index (χ4v) is 2.82. The summed E-state index contributed by atoms with van der Waals surface area (Å²) in [5.41, 5.74) is 2.21. The first kappa shape index (κ1) is 13.3. The molecule has 0 aliphatic rings. The van der Waals surface area contributed by atoms with Crippen LogP contribution in [-0.4, -0.2) is 5.11 Å². The highest BCUT2D eigenvalue weighted by Crippen LogP contribution is 2.22. The maximum atomic E-state index is 9.00. The van der Waals surface area contributed by atoms with Gasteiger partial charge in [-0.25, -0.2) is 0 Å². The Bertz CT molecular complexity index is 450. The van der Waals surface area contributed by atoms with Crippen LogP contribution in [0.15, 0.2) is 41.8 Å². The molecule has 0 aliphatic heterocycles. The average Bonchev–Trinajstić information content (AvgIpc) is 2.94. The van der Waals surface area contributed by atoms with Crippen molar-refractivity contribution in [2.24, 2.45) is 0 Å². The Morgan fingerprint density at radius 2 is 1.89 bits per heavy atom. The Kier molecular flexibility index (Phi) is 4.93. The van der Waals surface area contributed by atoms with Gasteiger partial charge in [0.2, 0.25) is 0 Å². The molecule has 0 radical (unpaired) electrons. The highest BCUT2D eigenvalue weighted by Gasteiger charge is 2.09. The van der Waals surface area contributed by atoms with Gasteiger partial charge in [0.05, 0.1) is 6.61 Å². The Hall–Kier alpha value is -1.16. The van der Waals surface area contributed by atoms with Crippen molar-refractivity contribution >= 4 is 11.3 Å². The zero-order valence-electron chi connectivity index (χ0n) is 10.6. The van der Waals surface area contributed by atoms with E-state index in [9.17, 15) is 0 Å². The van der Waals surface area contributed by atoms with Gasteiger partial charge in [-0.2, -0.15) is 0 Å². The maximum Gasteiger partial charge on any atom is 0.0681 e. The summed E-state index contributed by atoms with van der Waals surface area (Å²) in [6, 6.07) is 12.8. The Morgan fingerprint density at radius 1 is 1.17 bits per heavy atom. The lowest BCUT2D eigenvalue weighted by Gasteiger charge is -2.15. The number of hydrogen-bond acceptors (Lipinski definition) is 3. The molecule has 1 unspecified atom stereocenters. The summed E-state index contributed by atoms with van der Waals surface area (Å²) in [6.45, 7) is 3.18. The number of aliphatic hydroxyl groups excluding tert-OH is 1. The molecule has 0 saturated heterocycles. The second kappa shape index (κ2) is 6.69. The van der Waals surface area contributed by atoms with Gasteiger partial charge in [-0.1, -0.05) is 37.3 Å². The molecule has 18 heavy (non-hydrogen) atoms. The second-order valence-electron chi connectivity index (χ2n) is 4.33. The van der Waals surface area contributed by atoms with Crippen molar-refractivity contribution in [2.75, 3.05) is 0 Å². The van der Waals surface area contributed by atoms with E-state index < -0.39 is 0 Å². The molecule has 0 saturated carbocycles. The van der Waals surface area contributed by atoms with Crippen LogP contribution in [0.5, 0.6) is 0 Å². The van der Waals surface area contributed by atoms with Gasteiger partial charge in [0.25, 0.3) is 0 Å². The molecule has 3 heteroatoms. The van der Waals surface area contributed by atoms with Crippen LogP contribution in [0.2, 0.25) is 0 Å². The third-order valence-electron chi connectivity index (χ3n) is 3.05. The van der Waals surface area contributed by atoms with Crippen LogP contribution in [0.3, 0.4) is 0 Å². The van der Waals surface area contributed by atoms with E-state index in [1.165, 1.54) is 10.4 Å². The number of hydrogen-bond donors (Lipinski definition) is 2. The molecule has 1 aromatic carbocycles. The van der Waals surface area contributed by atoms with Crippen molar-refractivity contribution in [1.82, 2.24) is 5.32 Å². The SMILES string of the molecule is CCC(NCc1ccc(CO)cc1)c1cccs1. The van der Waals surface area contributed by atoms with Gasteiger partial charge in [-0.15, -0.1) is 11.3 Å². The van der Waals surface area contributed by atoms with E-state index in [-0.39, 0.29) is 6.61 Å². The Labute approximate surface area is 112 Å². The zero-order chi connectivity index (χ0) is 12.8. The minimum atomic E-state index is 0.112. The highest BCUT2D eigenvalue weighted by molar-refractivity contribution is 7.10. The van der Waals surface area contributed by atoms with Crippen molar-refractivity contribution in [2.45, 2.75) is 32.5 Å². The smallest absolute Gasteiger partial charge is 0.0681 e. The largest absolute Gasteiger partial charge is 0.392 e. The average molecular weight is 261 g/mol. The van der Waals surface area contributed by atoms with E-state index in [2.05, 4.69) is 41.9 Å². The quantitative estimate of drug-likeness (QED) is 0.834. The van der Waals surface area contributed by atoms with Gasteiger partial charge in [0.1, 0.15) is 0 Å². The lowest BCUT2D eigenvalue weighted by atomic mass is 10.1. The summed E-state index contributed by atoms with van der Waals surface area (Å²) in [5.74, 6) is 0. The van der Waals surface area contributed by atoms with Gasteiger partial charge in [0, 0.05) is 17.5 Å². The predicted molar refractivity (Wildman–Crippen MR) is 76.6 cm³/mol. The zero-order valence-corrected chi connectivity index (χ0v) is 11.4. The summed E-state index contributed by atoms with van der Waals surface area (Å²) in [5, 5.41) is 14.7. The number of nitrogens with one attached hydrogen (secondary N) is 1. The lowest BCUT2D eigenvalue weighted by molar-refractivity contribution is 0.282. The molecule has 0 bridgehead atoms. The molecular formula is C15H19NOS. The molecule has 96 valence electrons. The highest BCUT2D eigenvalue weighted by atomic mass is 32.1. The van der Waals surface area contributed by atoms with E-state index in [1.807, 2.05) is 12.1 Å². The lowest BCUT2D eigenvalue weighted by Crippen LogP contribution is -2.19. The maximum absolute atomic E-state index is 9.00. The normalized spacial score (nSPS) is 12.6. The molecule has 2 aromatic rings. The van der Waals surface area contributed by atoms with E-state index >= 15 is 0 Å². The molecule has 0 fully saturated rings. The van der Waals surface area contributed by atoms with Crippen molar-refractivity contribution in [1.29, 1.82) is 0 Å². The number of thiophene rings is 1. The van der Waals surface area contributed by atoms with Crippen molar-refractivity contribution in [3.05, 3.63) is 57.8 Å². The van der Waals surface area contributed by atoms with Crippen LogP contribution in [0.25, 0.3) is 0 Å². The molecule has 1 aromatic heterocycles. The third-order valence-corrected chi connectivity index (χ3v) is 4.04. The molecule has 0 aliphatic carbocycles. The standard InChI is InChI=1S/C15H19NOS/c1-2-14(15-4-3-9-18-15)16-10-12-5-7-13(11-17)8-6-12/h3-9,14,16-17H,2,10-11H2,1H3. The van der Waals surface area contributed by atoms with Crippen molar-refractivity contribution < 1.29 is 5.11 Å². The van der Waals surface area contributed by atoms with Crippen molar-refractivity contribution in [3.63, 3.8) is 0 Å². The molecule has 1 atom stereocenters. The summed E-state index contributed by atoms with van der Waals surface area (Å²) in [4.78, 5) is 1.39. The van der Waals surface area contributed by atoms with Gasteiger partial charge in [0.15, 0.2) is 0 Å². The summed E-state index contributed by atoms with van der Waals surface area (Å²) < 4.78 is 0. The van der Waals surface area contributed by atoms with Crippen LogP contribution >= 0.6 is 11.3 Å². The van der Waals surface area contributed by atoms with Gasteiger partial charge < -0.3 is 10.4 Å². The monoisotopic (exact) mass is 261 g/mol. The first-order valence-corrected chi connectivity index (χ1v) is 7.17. The van der Waals surface area contributed by atoms with Crippen LogP contribution in [0.4, 0.5) is 0 Å². The summed E-state index contributed by atoms with van der Waals surface area (Å²) in [7, 11) is 0. The summed E-state index contributed by atoms with van der Waals surface area (Å²) >= 11 is 1.80. The molecule has 0 spiro atoms. The Balaban J connectivity index is 1.93. The molecule has 2 rings (SSSR count). The number of rotatable bonds is 6. The topological polar surface area (TPSA) is 32.3 Å². The molecular weight excluding hydrogens is 242 g/mol. The van der Waals surface area contributed by atoms with Gasteiger partial charge >= 0.3 is 0 Å².